The summed E-state index contributed by atoms with van der Waals surface area (Å²) in [5, 5.41) is 22.0. The highest BCUT2D eigenvalue weighted by Gasteiger charge is 2.35. The number of aromatic nitrogens is 3. The summed E-state index contributed by atoms with van der Waals surface area (Å²) in [7, 11) is 0. The Morgan fingerprint density at radius 1 is 1.14 bits per heavy atom. The number of rotatable bonds is 7. The van der Waals surface area contributed by atoms with Crippen molar-refractivity contribution in [2.24, 2.45) is 0 Å². The lowest BCUT2D eigenvalue weighted by molar-refractivity contribution is -0.119. The fraction of sp³-hybridized carbons (Fsp3) is 0.524. The van der Waals surface area contributed by atoms with Crippen molar-refractivity contribution in [3.8, 4) is 11.8 Å². The van der Waals surface area contributed by atoms with Gasteiger partial charge in [0.25, 0.3) is 0 Å². The normalized spacial score (nSPS) is 18.6. The lowest BCUT2D eigenvalue weighted by Gasteiger charge is -2.21. The first kappa shape index (κ1) is 19.9. The van der Waals surface area contributed by atoms with Gasteiger partial charge >= 0.3 is 0 Å². The van der Waals surface area contributed by atoms with Crippen LogP contribution in [0, 0.1) is 11.3 Å². The molecule has 0 atom stereocenters. The summed E-state index contributed by atoms with van der Waals surface area (Å²) < 4.78 is 2.05. The average Bonchev–Trinajstić information content (AvgIpc) is 3.49. The Hall–Kier alpha value is -2.37. The summed E-state index contributed by atoms with van der Waals surface area (Å²) in [6.07, 6.45) is 5.90. The van der Waals surface area contributed by atoms with Gasteiger partial charge < -0.3 is 5.32 Å². The van der Waals surface area contributed by atoms with Crippen LogP contribution in [0.1, 0.15) is 44.3 Å². The van der Waals surface area contributed by atoms with Crippen molar-refractivity contribution in [1.82, 2.24) is 25.0 Å². The zero-order valence-corrected chi connectivity index (χ0v) is 17.3. The topological polar surface area (TPSA) is 86.8 Å². The van der Waals surface area contributed by atoms with Crippen LogP contribution in [0.25, 0.3) is 5.69 Å². The van der Waals surface area contributed by atoms with Crippen molar-refractivity contribution in [3.05, 3.63) is 36.2 Å². The molecule has 8 heteroatoms. The molecule has 2 fully saturated rings. The van der Waals surface area contributed by atoms with E-state index in [2.05, 4.69) is 26.5 Å². The van der Waals surface area contributed by atoms with E-state index in [0.717, 1.165) is 56.8 Å². The number of thioether (sulfide) groups is 1. The van der Waals surface area contributed by atoms with Crippen LogP contribution in [0.2, 0.25) is 0 Å². The second-order valence-electron chi connectivity index (χ2n) is 7.79. The Morgan fingerprint density at radius 2 is 1.86 bits per heavy atom. The molecule has 2 aromatic rings. The number of carbonyl (C=O) groups excluding carboxylic acids is 1. The highest BCUT2D eigenvalue weighted by Crippen LogP contribution is 2.29. The smallest absolute Gasteiger partial charge is 0.231 e. The van der Waals surface area contributed by atoms with Crippen LogP contribution < -0.4 is 5.32 Å². The zero-order chi connectivity index (χ0) is 20.1. The molecule has 2 heterocycles. The molecule has 0 radical (unpaired) electrons. The first-order valence-corrected chi connectivity index (χ1v) is 11.2. The third-order valence-corrected chi connectivity index (χ3v) is 6.59. The number of nitriles is 1. The van der Waals surface area contributed by atoms with Crippen LogP contribution in [0.5, 0.6) is 0 Å². The van der Waals surface area contributed by atoms with Gasteiger partial charge in [0.1, 0.15) is 5.54 Å². The number of hydrogen-bond donors (Lipinski definition) is 1. The van der Waals surface area contributed by atoms with Gasteiger partial charge in [0, 0.05) is 5.69 Å². The van der Waals surface area contributed by atoms with Crippen molar-refractivity contribution in [2.75, 3.05) is 18.8 Å². The van der Waals surface area contributed by atoms with E-state index in [0.29, 0.717) is 5.16 Å². The van der Waals surface area contributed by atoms with E-state index >= 15 is 0 Å². The van der Waals surface area contributed by atoms with Crippen molar-refractivity contribution in [1.29, 1.82) is 5.26 Å². The highest BCUT2D eigenvalue weighted by atomic mass is 32.2. The van der Waals surface area contributed by atoms with Crippen LogP contribution in [-0.4, -0.2) is 50.0 Å². The van der Waals surface area contributed by atoms with Crippen LogP contribution in [0.4, 0.5) is 0 Å². The summed E-state index contributed by atoms with van der Waals surface area (Å²) in [4.78, 5) is 14.9. The second-order valence-corrected chi connectivity index (χ2v) is 8.73. The molecule has 1 aromatic carbocycles. The Bertz CT molecular complexity index is 878. The molecule has 2 aliphatic rings. The first-order chi connectivity index (χ1) is 14.2. The number of nitrogens with zero attached hydrogens (tertiary/aromatic N) is 5. The van der Waals surface area contributed by atoms with E-state index in [9.17, 15) is 10.1 Å². The fourth-order valence-electron chi connectivity index (χ4n) is 4.15. The van der Waals surface area contributed by atoms with Gasteiger partial charge in [-0.15, -0.1) is 10.2 Å². The summed E-state index contributed by atoms with van der Waals surface area (Å²) >= 11 is 1.37. The molecule has 4 rings (SSSR count). The van der Waals surface area contributed by atoms with Gasteiger partial charge in [-0.05, 0) is 63.7 Å². The molecule has 1 aliphatic carbocycles. The van der Waals surface area contributed by atoms with Gasteiger partial charge in [-0.3, -0.25) is 14.3 Å². The minimum absolute atomic E-state index is 0.123. The van der Waals surface area contributed by atoms with E-state index in [-0.39, 0.29) is 11.7 Å². The van der Waals surface area contributed by atoms with Crippen molar-refractivity contribution in [3.63, 3.8) is 0 Å². The van der Waals surface area contributed by atoms with E-state index in [1.807, 2.05) is 34.9 Å². The Morgan fingerprint density at radius 3 is 2.55 bits per heavy atom. The summed E-state index contributed by atoms with van der Waals surface area (Å²) in [6.45, 7) is 2.93. The molecule has 1 aromatic heterocycles. The first-order valence-electron chi connectivity index (χ1n) is 10.3. The molecule has 152 valence electrons. The predicted octanol–water partition coefficient (Wildman–Crippen LogP) is 2.91. The highest BCUT2D eigenvalue weighted by molar-refractivity contribution is 7.99. The van der Waals surface area contributed by atoms with Gasteiger partial charge in [-0.25, -0.2) is 0 Å². The standard InChI is InChI=1S/C21H26N6OS/c22-16-21(10-4-5-11-21)23-19(28)15-29-20-25-24-18(14-26-12-6-7-13-26)27(20)17-8-2-1-3-9-17/h1-3,8-9H,4-7,10-15H2,(H,23,28). The third kappa shape index (κ3) is 4.62. The van der Waals surface area contributed by atoms with Gasteiger partial charge in [-0.1, -0.05) is 30.0 Å². The van der Waals surface area contributed by atoms with Crippen LogP contribution in [-0.2, 0) is 11.3 Å². The molecule has 1 saturated carbocycles. The Balaban J connectivity index is 1.48. The summed E-state index contributed by atoms with van der Waals surface area (Å²) in [5.74, 6) is 0.991. The largest absolute Gasteiger partial charge is 0.337 e. The van der Waals surface area contributed by atoms with E-state index < -0.39 is 5.54 Å². The minimum atomic E-state index is -0.689. The molecule has 29 heavy (non-hydrogen) atoms. The molecule has 0 bridgehead atoms. The number of benzene rings is 1. The van der Waals surface area contributed by atoms with Gasteiger partial charge in [-0.2, -0.15) is 5.26 Å². The number of amides is 1. The fourth-order valence-corrected chi connectivity index (χ4v) is 4.92. The van der Waals surface area contributed by atoms with Crippen LogP contribution >= 0.6 is 11.8 Å². The van der Waals surface area contributed by atoms with E-state index in [4.69, 9.17) is 0 Å². The number of hydrogen-bond acceptors (Lipinski definition) is 6. The van der Waals surface area contributed by atoms with E-state index in [1.165, 1.54) is 24.6 Å². The van der Waals surface area contributed by atoms with Gasteiger partial charge in [0.15, 0.2) is 11.0 Å². The monoisotopic (exact) mass is 410 g/mol. The quantitative estimate of drug-likeness (QED) is 0.706. The molecule has 1 amide bonds. The Kier molecular flexibility index (Phi) is 6.16. The van der Waals surface area contributed by atoms with Crippen LogP contribution in [0.15, 0.2) is 35.5 Å². The van der Waals surface area contributed by atoms with Crippen molar-refractivity contribution < 1.29 is 4.79 Å². The maximum absolute atomic E-state index is 12.5. The van der Waals surface area contributed by atoms with Crippen LogP contribution in [0.3, 0.4) is 0 Å². The molecule has 0 spiro atoms. The van der Waals surface area contributed by atoms with Crippen molar-refractivity contribution in [2.45, 2.75) is 55.8 Å². The average molecular weight is 411 g/mol. The number of para-hydroxylation sites is 1. The third-order valence-electron chi connectivity index (χ3n) is 5.66. The van der Waals surface area contributed by atoms with E-state index in [1.54, 1.807) is 0 Å². The SMILES string of the molecule is N#CC1(NC(=O)CSc2nnc(CN3CCCC3)n2-c2ccccc2)CCCC1. The minimum Gasteiger partial charge on any atom is -0.337 e. The number of likely N-dealkylation sites (tertiary alicyclic amines) is 1. The molecule has 0 unspecified atom stereocenters. The number of nitrogens with one attached hydrogen (secondary N) is 1. The van der Waals surface area contributed by atoms with Crippen molar-refractivity contribution >= 4 is 17.7 Å². The lowest BCUT2D eigenvalue weighted by atomic mass is 10.0. The van der Waals surface area contributed by atoms with Gasteiger partial charge in [0.05, 0.1) is 18.4 Å². The molecule has 1 aliphatic heterocycles. The molecular weight excluding hydrogens is 384 g/mol. The lowest BCUT2D eigenvalue weighted by Crippen LogP contribution is -2.45. The maximum atomic E-state index is 12.5. The van der Waals surface area contributed by atoms with Gasteiger partial charge in [0.2, 0.25) is 5.91 Å². The predicted molar refractivity (Wildman–Crippen MR) is 112 cm³/mol. The second kappa shape index (κ2) is 8.97. The molecule has 1 N–H and O–H groups in total. The summed E-state index contributed by atoms with van der Waals surface area (Å²) in [5.41, 5.74) is 0.310. The Labute approximate surface area is 175 Å². The zero-order valence-electron chi connectivity index (χ0n) is 16.5. The molecule has 1 saturated heterocycles. The number of carbonyl (C=O) groups is 1. The molecule has 7 nitrogen and oxygen atoms in total. The summed E-state index contributed by atoms with van der Waals surface area (Å²) in [6, 6.07) is 12.3. The maximum Gasteiger partial charge on any atom is 0.231 e. The molecular formula is C21H26N6OS.